The molecule has 1 aromatic heterocycles. The molecule has 0 aliphatic rings. The van der Waals surface area contributed by atoms with Crippen molar-refractivity contribution < 1.29 is 9.90 Å². The summed E-state index contributed by atoms with van der Waals surface area (Å²) in [4.78, 5) is 11.0. The van der Waals surface area contributed by atoms with Crippen molar-refractivity contribution in [2.75, 3.05) is 6.54 Å². The van der Waals surface area contributed by atoms with Crippen molar-refractivity contribution in [1.29, 1.82) is 0 Å². The molecule has 0 bridgehead atoms. The third kappa shape index (κ3) is 2.72. The summed E-state index contributed by atoms with van der Waals surface area (Å²) in [6, 6.07) is 6.82. The molecular weight excluding hydrogens is 254 g/mol. The summed E-state index contributed by atoms with van der Waals surface area (Å²) in [7, 11) is 0. The van der Waals surface area contributed by atoms with Gasteiger partial charge in [0.15, 0.2) is 0 Å². The lowest BCUT2D eigenvalue weighted by atomic mass is 10.2. The van der Waals surface area contributed by atoms with E-state index in [0.717, 1.165) is 35.7 Å². The molecule has 1 aromatic carbocycles. The number of carbonyl (C=O) groups is 1. The largest absolute Gasteiger partial charge is 0.478 e. The molecule has 106 valence electrons. The van der Waals surface area contributed by atoms with Crippen molar-refractivity contribution in [1.82, 2.24) is 15.1 Å². The van der Waals surface area contributed by atoms with Crippen molar-refractivity contribution in [3.05, 3.63) is 46.8 Å². The van der Waals surface area contributed by atoms with Crippen LogP contribution in [0, 0.1) is 13.8 Å². The van der Waals surface area contributed by atoms with Gasteiger partial charge < -0.3 is 10.4 Å². The minimum atomic E-state index is -0.929. The molecule has 20 heavy (non-hydrogen) atoms. The number of benzene rings is 1. The highest BCUT2D eigenvalue weighted by Gasteiger charge is 2.13. The Labute approximate surface area is 118 Å². The van der Waals surface area contributed by atoms with Crippen LogP contribution in [0.25, 0.3) is 5.69 Å². The molecule has 0 atom stereocenters. The molecule has 0 aliphatic carbocycles. The van der Waals surface area contributed by atoms with Crippen molar-refractivity contribution in [3.63, 3.8) is 0 Å². The lowest BCUT2D eigenvalue weighted by Gasteiger charge is -2.06. The van der Waals surface area contributed by atoms with Crippen molar-refractivity contribution >= 4 is 5.97 Å². The molecule has 0 fully saturated rings. The van der Waals surface area contributed by atoms with Gasteiger partial charge >= 0.3 is 5.97 Å². The number of rotatable bonds is 5. The highest BCUT2D eigenvalue weighted by Crippen LogP contribution is 2.18. The fourth-order valence-electron chi connectivity index (χ4n) is 2.20. The van der Waals surface area contributed by atoms with E-state index in [1.807, 2.05) is 19.9 Å². The van der Waals surface area contributed by atoms with Crippen LogP contribution in [0.5, 0.6) is 0 Å². The first-order valence-electron chi connectivity index (χ1n) is 6.64. The Bertz CT molecular complexity index is 632. The highest BCUT2D eigenvalue weighted by atomic mass is 16.4. The van der Waals surface area contributed by atoms with E-state index in [2.05, 4.69) is 17.3 Å². The van der Waals surface area contributed by atoms with Crippen LogP contribution >= 0.6 is 0 Å². The Morgan fingerprint density at radius 1 is 1.40 bits per heavy atom. The Balaban J connectivity index is 2.43. The fourth-order valence-corrected chi connectivity index (χ4v) is 2.20. The first-order chi connectivity index (χ1) is 9.54. The maximum Gasteiger partial charge on any atom is 0.335 e. The van der Waals surface area contributed by atoms with Crippen molar-refractivity contribution in [2.24, 2.45) is 0 Å². The lowest BCUT2D eigenvalue weighted by Crippen LogP contribution is -2.13. The second-order valence-corrected chi connectivity index (χ2v) is 4.70. The van der Waals surface area contributed by atoms with Gasteiger partial charge in [-0.15, -0.1) is 0 Å². The number of aromatic nitrogens is 2. The molecule has 0 amide bonds. The summed E-state index contributed by atoms with van der Waals surface area (Å²) in [5, 5.41) is 16.9. The van der Waals surface area contributed by atoms with Crippen LogP contribution in [0.2, 0.25) is 0 Å². The number of hydrogen-bond donors (Lipinski definition) is 2. The van der Waals surface area contributed by atoms with E-state index in [-0.39, 0.29) is 5.56 Å². The van der Waals surface area contributed by atoms with Crippen molar-refractivity contribution in [2.45, 2.75) is 27.3 Å². The van der Waals surface area contributed by atoms with E-state index >= 15 is 0 Å². The van der Waals surface area contributed by atoms with E-state index in [9.17, 15) is 4.79 Å². The number of aryl methyl sites for hydroxylation is 1. The number of nitrogens with one attached hydrogen (secondary N) is 1. The second kappa shape index (κ2) is 5.88. The average molecular weight is 273 g/mol. The highest BCUT2D eigenvalue weighted by molar-refractivity contribution is 5.88. The van der Waals surface area contributed by atoms with Crippen LogP contribution in [-0.2, 0) is 6.54 Å². The molecular formula is C15H19N3O2. The van der Waals surface area contributed by atoms with E-state index in [1.165, 1.54) is 0 Å². The third-order valence-electron chi connectivity index (χ3n) is 3.33. The lowest BCUT2D eigenvalue weighted by molar-refractivity contribution is 0.0697. The zero-order chi connectivity index (χ0) is 14.7. The van der Waals surface area contributed by atoms with Gasteiger partial charge in [-0.05, 0) is 38.6 Å². The van der Waals surface area contributed by atoms with Crippen LogP contribution in [0.1, 0.15) is 34.2 Å². The summed E-state index contributed by atoms with van der Waals surface area (Å²) in [6.45, 7) is 7.70. The quantitative estimate of drug-likeness (QED) is 0.877. The molecule has 2 N–H and O–H groups in total. The SMILES string of the molecule is CCNCc1c(C)nn(-c2cccc(C(=O)O)c2)c1C. The standard InChI is InChI=1S/C15H19N3O2/c1-4-16-9-14-10(2)17-18(11(14)3)13-7-5-6-12(8-13)15(19)20/h5-8,16H,4,9H2,1-3H3,(H,19,20). The third-order valence-corrected chi connectivity index (χ3v) is 3.33. The van der Waals surface area contributed by atoms with Gasteiger partial charge in [-0.2, -0.15) is 5.10 Å². The molecule has 2 rings (SSSR count). The number of aromatic carboxylic acids is 1. The summed E-state index contributed by atoms with van der Waals surface area (Å²) >= 11 is 0. The van der Waals surface area contributed by atoms with Crippen molar-refractivity contribution in [3.8, 4) is 5.69 Å². The summed E-state index contributed by atoms with van der Waals surface area (Å²) < 4.78 is 1.80. The fraction of sp³-hybridized carbons (Fsp3) is 0.333. The summed E-state index contributed by atoms with van der Waals surface area (Å²) in [6.07, 6.45) is 0. The van der Waals surface area contributed by atoms with Gasteiger partial charge in [-0.1, -0.05) is 13.0 Å². The van der Waals surface area contributed by atoms with Crippen LogP contribution in [0.15, 0.2) is 24.3 Å². The van der Waals surface area contributed by atoms with Gasteiger partial charge in [0, 0.05) is 17.8 Å². The molecule has 0 radical (unpaired) electrons. The minimum absolute atomic E-state index is 0.267. The van der Waals surface area contributed by atoms with E-state index in [0.29, 0.717) is 0 Å². The number of hydrogen-bond acceptors (Lipinski definition) is 3. The monoisotopic (exact) mass is 273 g/mol. The van der Waals surface area contributed by atoms with E-state index in [1.54, 1.807) is 22.9 Å². The summed E-state index contributed by atoms with van der Waals surface area (Å²) in [5.41, 5.74) is 4.19. The maximum absolute atomic E-state index is 11.0. The van der Waals surface area contributed by atoms with Crippen LogP contribution < -0.4 is 5.32 Å². The molecule has 5 heteroatoms. The molecule has 0 unspecified atom stereocenters. The molecule has 2 aromatic rings. The zero-order valence-corrected chi connectivity index (χ0v) is 12.0. The predicted molar refractivity (Wildman–Crippen MR) is 77.4 cm³/mol. The molecule has 0 saturated heterocycles. The molecule has 0 saturated carbocycles. The second-order valence-electron chi connectivity index (χ2n) is 4.70. The van der Waals surface area contributed by atoms with Gasteiger partial charge in [0.05, 0.1) is 16.9 Å². The molecule has 5 nitrogen and oxygen atoms in total. The first kappa shape index (κ1) is 14.3. The van der Waals surface area contributed by atoms with Gasteiger partial charge in [0.2, 0.25) is 0 Å². The maximum atomic E-state index is 11.0. The van der Waals surface area contributed by atoms with Gasteiger partial charge in [0.25, 0.3) is 0 Å². The molecule has 0 spiro atoms. The Morgan fingerprint density at radius 3 is 2.80 bits per heavy atom. The topological polar surface area (TPSA) is 67.2 Å². The Morgan fingerprint density at radius 2 is 2.15 bits per heavy atom. The van der Waals surface area contributed by atoms with Crippen LogP contribution in [0.4, 0.5) is 0 Å². The predicted octanol–water partition coefficient (Wildman–Crippen LogP) is 2.30. The van der Waals surface area contributed by atoms with Crippen LogP contribution in [0.3, 0.4) is 0 Å². The molecule has 0 aliphatic heterocycles. The number of nitrogens with zero attached hydrogens (tertiary/aromatic N) is 2. The van der Waals surface area contributed by atoms with Gasteiger partial charge in [-0.25, -0.2) is 9.48 Å². The zero-order valence-electron chi connectivity index (χ0n) is 12.0. The van der Waals surface area contributed by atoms with Gasteiger partial charge in [-0.3, -0.25) is 0 Å². The van der Waals surface area contributed by atoms with Gasteiger partial charge in [0.1, 0.15) is 0 Å². The first-order valence-corrected chi connectivity index (χ1v) is 6.64. The average Bonchev–Trinajstić information content (AvgIpc) is 2.72. The number of carboxylic acids is 1. The van der Waals surface area contributed by atoms with E-state index in [4.69, 9.17) is 5.11 Å². The van der Waals surface area contributed by atoms with E-state index < -0.39 is 5.97 Å². The van der Waals surface area contributed by atoms with Crippen LogP contribution in [-0.4, -0.2) is 27.4 Å². The summed E-state index contributed by atoms with van der Waals surface area (Å²) in [5.74, 6) is -0.929. The molecule has 1 heterocycles. The number of carboxylic acid groups (broad SMARTS) is 1. The minimum Gasteiger partial charge on any atom is -0.478 e. The normalized spacial score (nSPS) is 10.8. The smallest absolute Gasteiger partial charge is 0.335 e. The Kier molecular flexibility index (Phi) is 4.20. The Hall–Kier alpha value is -2.14.